The van der Waals surface area contributed by atoms with Gasteiger partial charge in [-0.3, -0.25) is 0 Å². The van der Waals surface area contributed by atoms with E-state index in [9.17, 15) is 4.21 Å². The summed E-state index contributed by atoms with van der Waals surface area (Å²) in [6.07, 6.45) is 1.94. The van der Waals surface area contributed by atoms with Gasteiger partial charge in [-0.1, -0.05) is 30.3 Å². The molecule has 1 fully saturated rings. The molecule has 1 atom stereocenters. The van der Waals surface area contributed by atoms with Crippen LogP contribution in [-0.4, -0.2) is 21.3 Å². The van der Waals surface area contributed by atoms with Crippen LogP contribution < -0.4 is 10.0 Å². The van der Waals surface area contributed by atoms with Gasteiger partial charge >= 0.3 is 0 Å². The van der Waals surface area contributed by atoms with Crippen LogP contribution in [0.25, 0.3) is 10.8 Å². The topological polar surface area (TPSA) is 41.1 Å². The van der Waals surface area contributed by atoms with Gasteiger partial charge in [-0.25, -0.2) is 8.93 Å². The second-order valence-corrected chi connectivity index (χ2v) is 9.14. The highest BCUT2D eigenvalue weighted by molar-refractivity contribution is 7.83. The minimum Gasteiger partial charge on any atom is -0.307 e. The van der Waals surface area contributed by atoms with Crippen molar-refractivity contribution in [3.05, 3.63) is 42.5 Å². The molecule has 0 aromatic heterocycles. The molecule has 23 heavy (non-hydrogen) atoms. The van der Waals surface area contributed by atoms with Gasteiger partial charge in [0.2, 0.25) is 0 Å². The lowest BCUT2D eigenvalue weighted by Gasteiger charge is -2.46. The summed E-state index contributed by atoms with van der Waals surface area (Å²) in [5.74, 6) is 0. The molecular formula is C19H26N2OS. The van der Waals surface area contributed by atoms with Crippen LogP contribution in [0.15, 0.2) is 47.4 Å². The predicted molar refractivity (Wildman–Crippen MR) is 97.8 cm³/mol. The summed E-state index contributed by atoms with van der Waals surface area (Å²) in [6.45, 7) is 8.84. The van der Waals surface area contributed by atoms with Gasteiger partial charge in [-0.05, 0) is 63.4 Å². The van der Waals surface area contributed by atoms with Crippen LogP contribution >= 0.6 is 0 Å². The Bertz CT molecular complexity index is 723. The average Bonchev–Trinajstić information content (AvgIpc) is 2.43. The van der Waals surface area contributed by atoms with Crippen molar-refractivity contribution in [3.63, 3.8) is 0 Å². The van der Waals surface area contributed by atoms with E-state index in [0.717, 1.165) is 23.1 Å². The van der Waals surface area contributed by atoms with Crippen molar-refractivity contribution in [2.45, 2.75) is 62.6 Å². The molecule has 4 heteroatoms. The van der Waals surface area contributed by atoms with Crippen molar-refractivity contribution >= 4 is 21.8 Å². The van der Waals surface area contributed by atoms with E-state index in [0.29, 0.717) is 0 Å². The smallest absolute Gasteiger partial charge is 0.125 e. The Hall–Kier alpha value is -1.23. The molecule has 0 radical (unpaired) electrons. The molecule has 0 bridgehead atoms. The molecule has 0 amide bonds. The molecule has 2 N–H and O–H groups in total. The zero-order valence-corrected chi connectivity index (χ0v) is 15.2. The van der Waals surface area contributed by atoms with Gasteiger partial charge in [-0.2, -0.15) is 0 Å². The van der Waals surface area contributed by atoms with Crippen LogP contribution in [0.5, 0.6) is 0 Å². The summed E-state index contributed by atoms with van der Waals surface area (Å²) in [5.41, 5.74) is 0.0972. The zero-order chi connectivity index (χ0) is 16.7. The first kappa shape index (κ1) is 16.6. The van der Waals surface area contributed by atoms with Crippen molar-refractivity contribution < 1.29 is 4.21 Å². The van der Waals surface area contributed by atoms with Crippen molar-refractivity contribution in [2.75, 3.05) is 0 Å². The van der Waals surface area contributed by atoms with E-state index in [2.05, 4.69) is 49.9 Å². The van der Waals surface area contributed by atoms with Gasteiger partial charge in [0.15, 0.2) is 0 Å². The number of hydrogen-bond donors (Lipinski definition) is 2. The molecule has 3 rings (SSSR count). The third-order valence-electron chi connectivity index (χ3n) is 4.40. The molecule has 0 aliphatic carbocycles. The number of rotatable bonds is 3. The maximum atomic E-state index is 12.8. The molecule has 0 saturated carbocycles. The summed E-state index contributed by atoms with van der Waals surface area (Å²) in [6, 6.07) is 14.4. The molecule has 0 spiro atoms. The molecule has 2 aromatic rings. The Balaban J connectivity index is 1.77. The van der Waals surface area contributed by atoms with Crippen LogP contribution in [0.1, 0.15) is 40.5 Å². The third kappa shape index (κ3) is 4.00. The zero-order valence-electron chi connectivity index (χ0n) is 14.3. The maximum absolute atomic E-state index is 12.8. The predicted octanol–water partition coefficient (Wildman–Crippen LogP) is 3.76. The largest absolute Gasteiger partial charge is 0.307 e. The molecule has 1 aliphatic heterocycles. The molecule has 1 saturated heterocycles. The quantitative estimate of drug-likeness (QED) is 0.899. The highest BCUT2D eigenvalue weighted by atomic mass is 32.2. The van der Waals surface area contributed by atoms with E-state index in [-0.39, 0.29) is 17.1 Å². The summed E-state index contributed by atoms with van der Waals surface area (Å²) in [5, 5.41) is 5.97. The maximum Gasteiger partial charge on any atom is 0.125 e. The second-order valence-electron chi connectivity index (χ2n) is 7.89. The minimum absolute atomic E-state index is 0.0486. The Morgan fingerprint density at radius 1 is 1.00 bits per heavy atom. The molecule has 1 heterocycles. The molecule has 0 unspecified atom stereocenters. The van der Waals surface area contributed by atoms with Crippen LogP contribution in [-0.2, 0) is 11.0 Å². The summed E-state index contributed by atoms with van der Waals surface area (Å²) in [4.78, 5) is 0.845. The Morgan fingerprint density at radius 2 is 1.61 bits per heavy atom. The summed E-state index contributed by atoms with van der Waals surface area (Å²) >= 11 is 0. The number of piperidine rings is 1. The van der Waals surface area contributed by atoms with E-state index in [1.165, 1.54) is 5.39 Å². The van der Waals surface area contributed by atoms with E-state index in [1.807, 2.05) is 30.3 Å². The molecule has 3 nitrogen and oxygen atoms in total. The Kier molecular flexibility index (Phi) is 4.34. The third-order valence-corrected chi connectivity index (χ3v) is 5.63. The van der Waals surface area contributed by atoms with E-state index in [4.69, 9.17) is 0 Å². The van der Waals surface area contributed by atoms with Gasteiger partial charge in [0.1, 0.15) is 11.0 Å². The SMILES string of the molecule is CC1(C)CC(N[S@@](=O)c2ccc3ccccc3c2)CC(C)(C)N1. The van der Waals surface area contributed by atoms with Crippen LogP contribution in [0.4, 0.5) is 0 Å². The first-order chi connectivity index (χ1) is 10.7. The van der Waals surface area contributed by atoms with Gasteiger partial charge in [0.25, 0.3) is 0 Å². The Labute approximate surface area is 141 Å². The fraction of sp³-hybridized carbons (Fsp3) is 0.474. The molecule has 2 aromatic carbocycles. The minimum atomic E-state index is -1.18. The van der Waals surface area contributed by atoms with E-state index in [1.54, 1.807) is 0 Å². The first-order valence-corrected chi connectivity index (χ1v) is 9.35. The fourth-order valence-corrected chi connectivity index (χ4v) is 4.94. The van der Waals surface area contributed by atoms with Crippen molar-refractivity contribution in [3.8, 4) is 0 Å². The molecular weight excluding hydrogens is 304 g/mol. The summed E-state index contributed by atoms with van der Waals surface area (Å²) in [7, 11) is -1.18. The summed E-state index contributed by atoms with van der Waals surface area (Å²) < 4.78 is 16.1. The highest BCUT2D eigenvalue weighted by Gasteiger charge is 2.38. The van der Waals surface area contributed by atoms with E-state index >= 15 is 0 Å². The van der Waals surface area contributed by atoms with Gasteiger partial charge in [0.05, 0.1) is 4.90 Å². The lowest BCUT2D eigenvalue weighted by molar-refractivity contribution is 0.157. The van der Waals surface area contributed by atoms with Crippen molar-refractivity contribution in [1.29, 1.82) is 0 Å². The van der Waals surface area contributed by atoms with Gasteiger partial charge in [-0.15, -0.1) is 0 Å². The van der Waals surface area contributed by atoms with Crippen molar-refractivity contribution in [1.82, 2.24) is 10.0 Å². The highest BCUT2D eigenvalue weighted by Crippen LogP contribution is 2.29. The van der Waals surface area contributed by atoms with Crippen LogP contribution in [0.2, 0.25) is 0 Å². The number of fused-ring (bicyclic) bond motifs is 1. The average molecular weight is 330 g/mol. The number of hydrogen-bond acceptors (Lipinski definition) is 2. The molecule has 124 valence electrons. The number of benzene rings is 2. The van der Waals surface area contributed by atoms with E-state index < -0.39 is 11.0 Å². The van der Waals surface area contributed by atoms with Gasteiger partial charge < -0.3 is 5.32 Å². The normalized spacial score (nSPS) is 22.1. The molecule has 1 aliphatic rings. The standard InChI is InChI=1S/C19H26N2OS/c1-18(2)12-16(13-19(3,4)21-18)20-23(22)17-10-9-14-7-5-6-8-15(14)11-17/h5-11,16,20-21H,12-13H2,1-4H3/t23-/m0/s1. The lowest BCUT2D eigenvalue weighted by Crippen LogP contribution is -2.61. The van der Waals surface area contributed by atoms with Crippen LogP contribution in [0.3, 0.4) is 0 Å². The number of nitrogens with one attached hydrogen (secondary N) is 2. The first-order valence-electron chi connectivity index (χ1n) is 8.20. The Morgan fingerprint density at radius 3 is 2.26 bits per heavy atom. The lowest BCUT2D eigenvalue weighted by atomic mass is 9.80. The second kappa shape index (κ2) is 6.00. The fourth-order valence-electron chi connectivity index (χ4n) is 3.91. The monoisotopic (exact) mass is 330 g/mol. The van der Waals surface area contributed by atoms with Crippen molar-refractivity contribution in [2.24, 2.45) is 0 Å². The van der Waals surface area contributed by atoms with Gasteiger partial charge in [0, 0.05) is 17.1 Å². The van der Waals surface area contributed by atoms with Crippen LogP contribution in [0, 0.1) is 0 Å².